The molecule has 6 aromatic rings. The number of aromatic nitrogens is 6. The molecule has 0 saturated carbocycles. The van der Waals surface area contributed by atoms with Crippen molar-refractivity contribution in [2.24, 2.45) is 22.1 Å². The maximum absolute atomic E-state index is 13.6. The number of nitrogen functional groups attached to an aromatic ring is 2. The molecule has 4 aromatic heterocycles. The number of rotatable bonds is 32. The molecule has 112 heavy (non-hydrogen) atoms. The molecule has 0 spiro atoms. The summed E-state index contributed by atoms with van der Waals surface area (Å²) in [6.07, 6.45) is 10.1. The van der Waals surface area contributed by atoms with Crippen molar-refractivity contribution in [1.29, 1.82) is 0 Å². The van der Waals surface area contributed by atoms with Crippen molar-refractivity contribution in [1.82, 2.24) is 51.3 Å². The van der Waals surface area contributed by atoms with Gasteiger partial charge in [0.2, 0.25) is 0 Å². The van der Waals surface area contributed by atoms with Gasteiger partial charge in [-0.15, -0.1) is 31.2 Å². The lowest BCUT2D eigenvalue weighted by molar-refractivity contribution is -0.713. The molecule has 10 heterocycles. The zero-order valence-corrected chi connectivity index (χ0v) is 65.6. The van der Waals surface area contributed by atoms with E-state index in [1.807, 2.05) is 50.5 Å². The Morgan fingerprint density at radius 1 is 0.652 bits per heavy atom. The largest absolute Gasteiger partial charge is 0.485 e. The number of thiazole rings is 2. The number of β-lactam (4-membered cyclic amide) rings is 2. The molecule has 4 amide bonds. The van der Waals surface area contributed by atoms with Crippen LogP contribution in [0.25, 0.3) is 22.3 Å². The number of aliphatic hydroxyl groups is 2. The summed E-state index contributed by atoms with van der Waals surface area (Å²) >= 11 is 1.94. The third-order valence-corrected chi connectivity index (χ3v) is 22.6. The second-order valence-electron chi connectivity index (χ2n) is 29.4. The Kier molecular flexibility index (Phi) is 25.0. The van der Waals surface area contributed by atoms with Crippen LogP contribution in [0.3, 0.4) is 0 Å². The van der Waals surface area contributed by atoms with Gasteiger partial charge in [-0.25, -0.2) is 28.7 Å². The van der Waals surface area contributed by atoms with E-state index in [4.69, 9.17) is 49.7 Å². The first-order chi connectivity index (χ1) is 52.8. The average Bonchev–Trinajstić information content (AvgIpc) is 0.823. The molecule has 8 atom stereocenters. The number of fused-ring (bicyclic) bond motifs is 2. The monoisotopic (exact) mass is 1630 g/mol. The van der Waals surface area contributed by atoms with Crippen molar-refractivity contribution in [3.63, 3.8) is 0 Å². The molecule has 4 fully saturated rings. The minimum Gasteiger partial charge on any atom is -0.485 e. The fourth-order valence-corrected chi connectivity index (χ4v) is 15.2. The summed E-state index contributed by atoms with van der Waals surface area (Å²) in [5.41, 5.74) is 8.56. The molecule has 4 saturated heterocycles. The van der Waals surface area contributed by atoms with Crippen LogP contribution in [0.2, 0.25) is 0 Å². The zero-order chi connectivity index (χ0) is 81.2. The molecule has 0 radical (unpaired) electrons. The van der Waals surface area contributed by atoms with Gasteiger partial charge in [0.05, 0.1) is 60.3 Å². The summed E-state index contributed by atoms with van der Waals surface area (Å²) in [5, 5.41) is 64.1. The highest BCUT2D eigenvalue weighted by Gasteiger charge is 2.60. The highest BCUT2D eigenvalue weighted by molar-refractivity contribution is 7.81. The number of nitrogens with two attached hydrogens (primary N) is 2. The summed E-state index contributed by atoms with van der Waals surface area (Å²) in [6.45, 7) is 17.3. The first kappa shape index (κ1) is 83.3. The number of aryl methyl sites for hydroxylation is 4. The Morgan fingerprint density at radius 3 is 1.33 bits per heavy atom. The van der Waals surface area contributed by atoms with E-state index in [0.717, 1.165) is 107 Å². The maximum atomic E-state index is 13.6. The fraction of sp³-hybridized carbons (Fsp3) is 0.514. The second kappa shape index (κ2) is 33.6. The van der Waals surface area contributed by atoms with Crippen LogP contribution >= 0.6 is 22.7 Å². The van der Waals surface area contributed by atoms with Gasteiger partial charge in [0.1, 0.15) is 47.4 Å². The van der Waals surface area contributed by atoms with E-state index in [2.05, 4.69) is 71.6 Å². The van der Waals surface area contributed by atoms with Gasteiger partial charge in [0.15, 0.2) is 46.3 Å². The number of hydrogen-bond acceptors (Lipinski definition) is 30. The number of benzene rings is 2. The predicted octanol–water partition coefficient (Wildman–Crippen LogP) is 1.59. The van der Waals surface area contributed by atoms with Gasteiger partial charge in [-0.3, -0.25) is 28.3 Å². The van der Waals surface area contributed by atoms with E-state index in [0.29, 0.717) is 84.8 Å². The molecule has 42 heteroatoms. The molecule has 6 aliphatic rings. The Bertz CT molecular complexity index is 4580. The van der Waals surface area contributed by atoms with Gasteiger partial charge in [-0.05, 0) is 139 Å². The van der Waals surface area contributed by atoms with Crippen LogP contribution < -0.4 is 51.3 Å². The van der Waals surface area contributed by atoms with Gasteiger partial charge in [-0.2, -0.15) is 27.0 Å². The molecule has 6 aliphatic heterocycles. The van der Waals surface area contributed by atoms with Gasteiger partial charge in [0, 0.05) is 48.8 Å². The van der Waals surface area contributed by atoms with Crippen LogP contribution in [-0.2, 0) is 107 Å². The molecule has 0 bridgehead atoms. The number of carboxylic acids is 2. The third-order valence-electron chi connectivity index (χ3n) is 20.6. The SMILES string of the molecule is CC[C@@H](O)CCc1ncc(-c2ccc3c(c2)CC[C@H]([C@](C)(O/N=C(\C(=O)N[C@@H]2C(=O)N(OS(=O)(=O)O)C2(C)C)c2csc(N)n2)C(=O)O)O3)c[n+]1CC1CNC1.CC[C@H](O)CCc1ncc(-c2ccc3c(c2)CC[C@H]([C@](C)(O/N=C(\C(=O)N[C@@H]2C(=O)N(OS(=O)(=O)O)C2(C)C)c2csc(N)n2)C(=O)O)O3)c[n+]1CC1CNC1. The lowest BCUT2D eigenvalue weighted by atomic mass is 9.84. The molecular weight excluding hydrogens is 1550 g/mol. The highest BCUT2D eigenvalue weighted by Crippen LogP contribution is 2.40. The van der Waals surface area contributed by atoms with Gasteiger partial charge < -0.3 is 72.3 Å². The van der Waals surface area contributed by atoms with Crippen LogP contribution in [0.4, 0.5) is 10.3 Å². The average molecular weight is 1640 g/mol. The Hall–Kier alpha value is -9.60. The maximum Gasteiger partial charge on any atom is 0.418 e. The normalized spacial score (nSPS) is 21.1. The number of aliphatic hydroxyl groups excluding tert-OH is 2. The third kappa shape index (κ3) is 18.7. The molecule has 14 N–H and O–H groups in total. The molecular formula is C70H90N16O22S4+2. The number of aliphatic carboxylic acids is 2. The Balaban J connectivity index is 0.000000221. The number of carbonyl (C=O) groups is 6. The molecule has 604 valence electrons. The lowest BCUT2D eigenvalue weighted by Gasteiger charge is -2.50. The van der Waals surface area contributed by atoms with Crippen molar-refractivity contribution in [2.45, 2.75) is 191 Å². The smallest absolute Gasteiger partial charge is 0.418 e. The summed E-state index contributed by atoms with van der Waals surface area (Å²) in [6, 6.07) is 8.54. The number of carboxylic acid groups (broad SMARTS) is 2. The predicted molar refractivity (Wildman–Crippen MR) is 399 cm³/mol. The van der Waals surface area contributed by atoms with Gasteiger partial charge in [0.25, 0.3) is 46.5 Å². The van der Waals surface area contributed by atoms with Crippen molar-refractivity contribution in [2.75, 3.05) is 37.6 Å². The number of carbonyl (C=O) groups excluding carboxylic acids is 4. The number of hydroxylamine groups is 4. The van der Waals surface area contributed by atoms with Crippen molar-refractivity contribution in [3.05, 3.63) is 106 Å². The lowest BCUT2D eigenvalue weighted by Crippen LogP contribution is -2.76. The summed E-state index contributed by atoms with van der Waals surface area (Å²) in [7, 11) is -10.1. The van der Waals surface area contributed by atoms with Crippen molar-refractivity contribution < 1.29 is 112 Å². The van der Waals surface area contributed by atoms with E-state index in [1.165, 1.54) is 52.3 Å². The quantitative estimate of drug-likeness (QED) is 0.00938. The van der Waals surface area contributed by atoms with Crippen LogP contribution in [0.5, 0.6) is 11.5 Å². The van der Waals surface area contributed by atoms with E-state index in [9.17, 15) is 66.0 Å². The topological polar surface area (TPSA) is 538 Å². The number of oxime groups is 2. The van der Waals surface area contributed by atoms with Crippen molar-refractivity contribution in [3.8, 4) is 33.8 Å². The van der Waals surface area contributed by atoms with Gasteiger partial charge in [-0.1, -0.05) is 46.3 Å². The number of hydrogen-bond donors (Lipinski definition) is 12. The number of anilines is 2. The fourth-order valence-electron chi connectivity index (χ4n) is 13.2. The molecule has 2 aromatic carbocycles. The number of nitrogens with zero attached hydrogens (tertiary/aromatic N) is 10. The molecule has 38 nitrogen and oxygen atoms in total. The number of ether oxygens (including phenoxy) is 2. The molecule has 0 unspecified atom stereocenters. The second-order valence-corrected chi connectivity index (χ2v) is 33.2. The van der Waals surface area contributed by atoms with E-state index in [1.54, 1.807) is 12.1 Å². The van der Waals surface area contributed by atoms with Crippen LogP contribution in [0.1, 0.15) is 128 Å². The number of nitrogens with one attached hydrogen (secondary N) is 4. The van der Waals surface area contributed by atoms with Gasteiger partial charge >= 0.3 is 32.7 Å². The summed E-state index contributed by atoms with van der Waals surface area (Å²) < 4.78 is 88.5. The van der Waals surface area contributed by atoms with Crippen LogP contribution in [0.15, 0.2) is 82.3 Å². The zero-order valence-electron chi connectivity index (χ0n) is 62.3. The summed E-state index contributed by atoms with van der Waals surface area (Å²) in [4.78, 5) is 107. The highest BCUT2D eigenvalue weighted by atomic mass is 32.3. The van der Waals surface area contributed by atoms with Crippen LogP contribution in [0, 0.1) is 11.8 Å². The molecule has 12 rings (SSSR count). The Morgan fingerprint density at radius 2 is 1.03 bits per heavy atom. The molecule has 0 aliphatic carbocycles. The number of amides is 4. The first-order valence-electron chi connectivity index (χ1n) is 36.0. The van der Waals surface area contributed by atoms with Crippen LogP contribution in [-0.4, -0.2) is 208 Å². The first-order valence-corrected chi connectivity index (χ1v) is 40.5. The van der Waals surface area contributed by atoms with E-state index >= 15 is 0 Å². The Labute approximate surface area is 651 Å². The standard InChI is InChI=1S/2C35H44N8O11S2/c2*1-5-23(44)8-11-27-38-15-22(17-42(27)16-19-13-37-14-19)20-6-9-25-21(12-20)7-10-26(52-25)35(4,32(47)48)53-41-28(24-18-55-33(36)39-24)30(45)40-29-31(46)43(34(29,2)3)54-56(49,50)51/h2*6,9,12,15,17-19,23,26,29,37,44H,5,7-8,10-11,13-14,16H2,1-4H3,(H4-,36,39,40,45,47,48,49,50,51)/p+2/b2*41-28-/t23-,26+,29+,35-;23-,26-,29-,35+/m01/s1. The summed E-state index contributed by atoms with van der Waals surface area (Å²) in [5.74, 6) is -3.19. The van der Waals surface area contributed by atoms with E-state index < -0.39 is 114 Å². The minimum atomic E-state index is -5.04. The van der Waals surface area contributed by atoms with Crippen molar-refractivity contribution >= 4 is 101 Å². The minimum absolute atomic E-state index is 0.0601. The van der Waals surface area contributed by atoms with E-state index in [-0.39, 0.29) is 46.7 Å².